The van der Waals surface area contributed by atoms with Crippen molar-refractivity contribution in [1.82, 2.24) is 0 Å². The molecule has 0 aromatic heterocycles. The minimum absolute atomic E-state index is 0. The van der Waals surface area contributed by atoms with Crippen LogP contribution in [0, 0.1) is 6.92 Å². The van der Waals surface area contributed by atoms with Crippen LogP contribution in [0.3, 0.4) is 0 Å². The first-order chi connectivity index (χ1) is 14.6. The molecule has 0 aliphatic rings. The molecule has 4 nitrogen and oxygen atoms in total. The summed E-state index contributed by atoms with van der Waals surface area (Å²) in [5.74, 6) is -33.8. The molecule has 0 saturated carbocycles. The molecule has 0 aliphatic carbocycles. The van der Waals surface area contributed by atoms with Gasteiger partial charge in [-0.1, -0.05) is 6.07 Å². The van der Waals surface area contributed by atoms with Gasteiger partial charge in [0.25, 0.3) is 0 Å². The lowest BCUT2D eigenvalue weighted by molar-refractivity contribution is -0.433. The van der Waals surface area contributed by atoms with Crippen molar-refractivity contribution in [1.29, 1.82) is 0 Å². The average molecular weight is 628 g/mol. The summed E-state index contributed by atoms with van der Waals surface area (Å²) in [5.41, 5.74) is 4.81. The maximum absolute atomic E-state index is 13.9. The summed E-state index contributed by atoms with van der Waals surface area (Å²) in [7, 11) is -7.41. The van der Waals surface area contributed by atoms with Gasteiger partial charge in [0.15, 0.2) is 0 Å². The van der Waals surface area contributed by atoms with Crippen molar-refractivity contribution >= 4 is 27.1 Å². The predicted molar refractivity (Wildman–Crippen MR) is 99.1 cm³/mol. The molecule has 0 spiro atoms. The van der Waals surface area contributed by atoms with Gasteiger partial charge in [-0.3, -0.25) is 0 Å². The molecular formula is C16H15BrF13NO3S. The summed E-state index contributed by atoms with van der Waals surface area (Å²) in [6.45, 7) is 4.02. The minimum atomic E-state index is -8.26. The minimum Gasteiger partial charge on any atom is -0.378 e. The summed E-state index contributed by atoms with van der Waals surface area (Å²) in [5, 5.41) is -7.44. The summed E-state index contributed by atoms with van der Waals surface area (Å²) in [6.07, 6.45) is -7.61. The van der Waals surface area contributed by atoms with Crippen LogP contribution in [0.1, 0.15) is 25.0 Å². The molecular weight excluding hydrogens is 613 g/mol. The molecule has 0 amide bonds. The monoisotopic (exact) mass is 627 g/mol. The largest absolute Gasteiger partial charge is 0.460 e. The van der Waals surface area contributed by atoms with Crippen LogP contribution in [0.4, 0.5) is 57.1 Å². The molecule has 1 aromatic rings. The Labute approximate surface area is 199 Å². The van der Waals surface area contributed by atoms with Crippen LogP contribution in [-0.4, -0.2) is 43.5 Å². The van der Waals surface area contributed by atoms with Crippen molar-refractivity contribution in [3.8, 4) is 5.75 Å². The van der Waals surface area contributed by atoms with Gasteiger partial charge in [0.1, 0.15) is 5.75 Å². The van der Waals surface area contributed by atoms with E-state index in [0.29, 0.717) is 12.1 Å². The second-order valence-electron chi connectivity index (χ2n) is 7.55. The van der Waals surface area contributed by atoms with Crippen LogP contribution in [0.5, 0.6) is 5.75 Å². The van der Waals surface area contributed by atoms with Gasteiger partial charge < -0.3 is 9.92 Å². The summed E-state index contributed by atoms with van der Waals surface area (Å²) >= 11 is 0. The first-order valence-corrected chi connectivity index (χ1v) is 9.80. The highest BCUT2D eigenvalue weighted by atomic mass is 79.9. The third kappa shape index (κ3) is 5.17. The van der Waals surface area contributed by atoms with E-state index in [1.807, 2.05) is 0 Å². The Hall–Kier alpha value is -1.50. The molecule has 19 heteroatoms. The topological polar surface area (TPSA) is 69.4 Å². The number of benzene rings is 1. The Bertz CT molecular complexity index is 1030. The fourth-order valence-corrected chi connectivity index (χ4v) is 3.41. The Morgan fingerprint density at radius 1 is 0.743 bits per heavy atom. The van der Waals surface area contributed by atoms with E-state index in [-0.39, 0.29) is 28.1 Å². The van der Waals surface area contributed by atoms with Crippen LogP contribution in [0.25, 0.3) is 0 Å². The molecule has 0 heterocycles. The lowest BCUT2D eigenvalue weighted by atomic mass is 9.91. The molecule has 1 rings (SSSR count). The lowest BCUT2D eigenvalue weighted by Gasteiger charge is -2.38. The molecule has 206 valence electrons. The molecule has 1 aromatic carbocycles. The predicted octanol–water partition coefficient (Wildman–Crippen LogP) is 6.17. The Kier molecular flexibility index (Phi) is 8.72. The van der Waals surface area contributed by atoms with Crippen molar-refractivity contribution in [2.24, 2.45) is 5.73 Å². The highest BCUT2D eigenvalue weighted by Crippen LogP contribution is 2.61. The first-order valence-electron chi connectivity index (χ1n) is 8.39. The Morgan fingerprint density at radius 3 is 1.49 bits per heavy atom. The maximum Gasteiger partial charge on any atom is 0.460 e. The van der Waals surface area contributed by atoms with Crippen LogP contribution >= 0.6 is 17.0 Å². The Balaban J connectivity index is 0.0000116. The lowest BCUT2D eigenvalue weighted by Crippen LogP contribution is -2.71. The zero-order chi connectivity index (χ0) is 27.6. The van der Waals surface area contributed by atoms with E-state index in [4.69, 9.17) is 5.73 Å². The second-order valence-corrected chi connectivity index (χ2v) is 9.14. The molecule has 0 fully saturated rings. The molecule has 0 bridgehead atoms. The van der Waals surface area contributed by atoms with Gasteiger partial charge >= 0.3 is 45.2 Å². The molecule has 0 unspecified atom stereocenters. The van der Waals surface area contributed by atoms with Crippen LogP contribution in [0.2, 0.25) is 0 Å². The molecule has 35 heavy (non-hydrogen) atoms. The van der Waals surface area contributed by atoms with E-state index in [9.17, 15) is 65.5 Å². The quantitative estimate of drug-likeness (QED) is 0.276. The number of aryl methyl sites for hydroxylation is 1. The Morgan fingerprint density at radius 2 is 1.14 bits per heavy atom. The van der Waals surface area contributed by atoms with Gasteiger partial charge in [-0.05, 0) is 44.0 Å². The SMILES string of the molecule is Br.Cc1cc(OS(=O)(=O)C(F)(F)C(F)(F)C(F)(F)C(F)(F)C(F)(F)C(F)(F)F)ccc1C(C)(C)N. The van der Waals surface area contributed by atoms with E-state index < -0.39 is 56.5 Å². The number of hydrogen-bond acceptors (Lipinski definition) is 4. The van der Waals surface area contributed by atoms with Crippen molar-refractivity contribution in [2.75, 3.05) is 0 Å². The fraction of sp³-hybridized carbons (Fsp3) is 0.625. The zero-order valence-electron chi connectivity index (χ0n) is 17.3. The summed E-state index contributed by atoms with van der Waals surface area (Å²) in [4.78, 5) is 0. The average Bonchev–Trinajstić information content (AvgIpc) is 2.58. The van der Waals surface area contributed by atoms with Crippen LogP contribution in [0.15, 0.2) is 18.2 Å². The molecule has 0 atom stereocenters. The molecule has 0 aliphatic heterocycles. The van der Waals surface area contributed by atoms with Gasteiger partial charge in [0, 0.05) is 5.54 Å². The van der Waals surface area contributed by atoms with Gasteiger partial charge in [-0.25, -0.2) is 0 Å². The summed E-state index contributed by atoms with van der Waals surface area (Å²) < 4.78 is 198. The van der Waals surface area contributed by atoms with E-state index in [0.717, 1.165) is 6.07 Å². The van der Waals surface area contributed by atoms with Crippen molar-refractivity contribution in [3.63, 3.8) is 0 Å². The maximum atomic E-state index is 13.9. The normalized spacial score (nSPS) is 15.0. The number of rotatable bonds is 8. The van der Waals surface area contributed by atoms with E-state index >= 15 is 0 Å². The van der Waals surface area contributed by atoms with Crippen molar-refractivity contribution in [3.05, 3.63) is 29.3 Å². The third-order valence-corrected chi connectivity index (χ3v) is 5.61. The van der Waals surface area contributed by atoms with Gasteiger partial charge in [-0.2, -0.15) is 65.5 Å². The number of alkyl halides is 13. The molecule has 0 radical (unpaired) electrons. The standard InChI is InChI=1S/C16H14F13NO3S.BrH/c1-7-6-8(4-5-9(7)10(2,3)30)33-34(31,32)16(28,29)14(23,24)12(19,20)11(17,18)13(21,22)15(25,26)27;/h4-6H,30H2,1-3H3;1H. The number of hydrogen-bond donors (Lipinski definition) is 1. The van der Waals surface area contributed by atoms with Crippen LogP contribution < -0.4 is 9.92 Å². The number of nitrogens with two attached hydrogens (primary N) is 1. The van der Waals surface area contributed by atoms with Crippen LogP contribution in [-0.2, 0) is 15.7 Å². The smallest absolute Gasteiger partial charge is 0.378 e. The number of halogens is 14. The van der Waals surface area contributed by atoms with Gasteiger partial charge in [0.2, 0.25) is 0 Å². The van der Waals surface area contributed by atoms with E-state index in [2.05, 4.69) is 4.18 Å². The van der Waals surface area contributed by atoms with E-state index in [1.165, 1.54) is 20.8 Å². The van der Waals surface area contributed by atoms with E-state index in [1.54, 1.807) is 0 Å². The second kappa shape index (κ2) is 9.11. The van der Waals surface area contributed by atoms with Crippen molar-refractivity contribution in [2.45, 2.75) is 61.4 Å². The third-order valence-electron chi connectivity index (χ3n) is 4.32. The van der Waals surface area contributed by atoms with Gasteiger partial charge in [-0.15, -0.1) is 17.0 Å². The first kappa shape index (κ1) is 33.5. The molecule has 0 saturated heterocycles. The highest BCUT2D eigenvalue weighted by molar-refractivity contribution is 8.93. The van der Waals surface area contributed by atoms with Crippen molar-refractivity contribution < 1.29 is 69.7 Å². The fourth-order valence-electron chi connectivity index (χ4n) is 2.50. The summed E-state index contributed by atoms with van der Waals surface area (Å²) in [6, 6.07) is 2.04. The molecule has 2 N–H and O–H groups in total. The highest BCUT2D eigenvalue weighted by Gasteiger charge is 2.93. The zero-order valence-corrected chi connectivity index (χ0v) is 19.8. The van der Waals surface area contributed by atoms with Gasteiger partial charge in [0.05, 0.1) is 0 Å².